The maximum absolute atomic E-state index is 10.9. The number of hydrogen-bond acceptors (Lipinski definition) is 4. The second kappa shape index (κ2) is 4.42. The first kappa shape index (κ1) is 11.8. The predicted molar refractivity (Wildman–Crippen MR) is 71.6 cm³/mol. The van der Waals surface area contributed by atoms with Crippen LogP contribution >= 0.6 is 0 Å². The molecule has 5 heteroatoms. The molecule has 1 N–H and O–H groups in total. The van der Waals surface area contributed by atoms with Crippen LogP contribution in [-0.4, -0.2) is 36.3 Å². The van der Waals surface area contributed by atoms with Crippen molar-refractivity contribution in [3.05, 3.63) is 30.5 Å². The first-order chi connectivity index (χ1) is 9.20. The second-order valence-electron chi connectivity index (χ2n) is 4.63. The number of carboxylic acid groups (broad SMARTS) is 1. The van der Waals surface area contributed by atoms with Crippen LogP contribution in [0.2, 0.25) is 0 Å². The van der Waals surface area contributed by atoms with Crippen molar-refractivity contribution in [1.29, 1.82) is 0 Å². The van der Waals surface area contributed by atoms with Crippen LogP contribution in [0.5, 0.6) is 5.75 Å². The average Bonchev–Trinajstić information content (AvgIpc) is 2.36. The van der Waals surface area contributed by atoms with Crippen molar-refractivity contribution < 1.29 is 14.6 Å². The van der Waals surface area contributed by atoms with E-state index in [9.17, 15) is 4.79 Å². The number of rotatable bonds is 3. The number of benzene rings is 1. The minimum absolute atomic E-state index is 0.289. The maximum Gasteiger partial charge on any atom is 0.310 e. The van der Waals surface area contributed by atoms with Crippen LogP contribution in [0, 0.1) is 5.92 Å². The van der Waals surface area contributed by atoms with E-state index in [0.29, 0.717) is 13.1 Å². The highest BCUT2D eigenvalue weighted by atomic mass is 16.5. The van der Waals surface area contributed by atoms with E-state index in [1.807, 2.05) is 29.2 Å². The lowest BCUT2D eigenvalue weighted by Crippen LogP contribution is -2.50. The number of anilines is 1. The third kappa shape index (κ3) is 1.87. The van der Waals surface area contributed by atoms with Gasteiger partial charge in [-0.15, -0.1) is 0 Å². The average molecular weight is 258 g/mol. The van der Waals surface area contributed by atoms with Gasteiger partial charge < -0.3 is 14.7 Å². The molecule has 1 aromatic heterocycles. The van der Waals surface area contributed by atoms with Crippen LogP contribution in [0.4, 0.5) is 5.82 Å². The highest BCUT2D eigenvalue weighted by molar-refractivity contribution is 5.96. The minimum Gasteiger partial charge on any atom is -0.496 e. The monoisotopic (exact) mass is 258 g/mol. The number of carboxylic acids is 1. The third-order valence-electron chi connectivity index (χ3n) is 3.50. The minimum atomic E-state index is -0.742. The fraction of sp³-hybridized carbons (Fsp3) is 0.286. The summed E-state index contributed by atoms with van der Waals surface area (Å²) in [5, 5.41) is 10.9. The molecule has 1 fully saturated rings. The van der Waals surface area contributed by atoms with Gasteiger partial charge in [0.1, 0.15) is 11.6 Å². The summed E-state index contributed by atoms with van der Waals surface area (Å²) in [4.78, 5) is 17.2. The molecular formula is C14H14N2O3. The van der Waals surface area contributed by atoms with Gasteiger partial charge in [0, 0.05) is 30.1 Å². The van der Waals surface area contributed by atoms with Crippen molar-refractivity contribution in [1.82, 2.24) is 4.98 Å². The van der Waals surface area contributed by atoms with E-state index in [1.54, 1.807) is 13.3 Å². The first-order valence-corrected chi connectivity index (χ1v) is 6.10. The predicted octanol–water partition coefficient (Wildman–Crippen LogP) is 1.76. The van der Waals surface area contributed by atoms with E-state index in [1.165, 1.54) is 0 Å². The molecule has 3 rings (SSSR count). The summed E-state index contributed by atoms with van der Waals surface area (Å²) in [5.74, 6) is 0.599. The molecule has 19 heavy (non-hydrogen) atoms. The zero-order valence-electron chi connectivity index (χ0n) is 10.5. The molecule has 0 saturated carbocycles. The molecule has 1 saturated heterocycles. The number of hydrogen-bond donors (Lipinski definition) is 1. The van der Waals surface area contributed by atoms with E-state index in [2.05, 4.69) is 4.98 Å². The third-order valence-corrected chi connectivity index (χ3v) is 3.50. The fourth-order valence-electron chi connectivity index (χ4n) is 2.40. The van der Waals surface area contributed by atoms with Crippen LogP contribution in [0.25, 0.3) is 10.8 Å². The number of carbonyl (C=O) groups is 1. The van der Waals surface area contributed by atoms with Gasteiger partial charge in [-0.2, -0.15) is 0 Å². The number of methoxy groups -OCH3 is 1. The summed E-state index contributed by atoms with van der Waals surface area (Å²) in [6, 6.07) is 7.71. The van der Waals surface area contributed by atoms with Gasteiger partial charge in [-0.25, -0.2) is 4.98 Å². The van der Waals surface area contributed by atoms with Gasteiger partial charge in [-0.3, -0.25) is 4.79 Å². The molecule has 2 aromatic rings. The second-order valence-corrected chi connectivity index (χ2v) is 4.63. The number of ether oxygens (including phenoxy) is 1. The van der Waals surface area contributed by atoms with Gasteiger partial charge in [0.15, 0.2) is 0 Å². The molecule has 0 amide bonds. The number of aromatic nitrogens is 1. The molecule has 1 aliphatic rings. The first-order valence-electron chi connectivity index (χ1n) is 6.10. The quantitative estimate of drug-likeness (QED) is 0.909. The van der Waals surface area contributed by atoms with Crippen LogP contribution in [0.15, 0.2) is 30.5 Å². The van der Waals surface area contributed by atoms with Gasteiger partial charge in [0.2, 0.25) is 0 Å². The molecule has 0 atom stereocenters. The SMILES string of the molecule is COc1cccc2c(N3CC(C(=O)O)C3)nccc12. The summed E-state index contributed by atoms with van der Waals surface area (Å²) >= 11 is 0. The van der Waals surface area contributed by atoms with Crippen LogP contribution < -0.4 is 9.64 Å². The lowest BCUT2D eigenvalue weighted by molar-refractivity contribution is -0.142. The van der Waals surface area contributed by atoms with E-state index < -0.39 is 5.97 Å². The molecule has 1 aromatic carbocycles. The van der Waals surface area contributed by atoms with Crippen LogP contribution in [0.3, 0.4) is 0 Å². The summed E-state index contributed by atoms with van der Waals surface area (Å²) in [5.41, 5.74) is 0. The maximum atomic E-state index is 10.9. The molecule has 0 unspecified atom stereocenters. The van der Waals surface area contributed by atoms with Gasteiger partial charge in [-0.05, 0) is 12.1 Å². The summed E-state index contributed by atoms with van der Waals surface area (Å²) in [6.07, 6.45) is 1.73. The Bertz CT molecular complexity index is 636. The van der Waals surface area contributed by atoms with Crippen molar-refractivity contribution in [3.8, 4) is 5.75 Å². The van der Waals surface area contributed by atoms with E-state index in [0.717, 1.165) is 22.3 Å². The molecule has 0 bridgehead atoms. The zero-order valence-corrected chi connectivity index (χ0v) is 10.5. The molecule has 0 spiro atoms. The number of fused-ring (bicyclic) bond motifs is 1. The molecular weight excluding hydrogens is 244 g/mol. The number of nitrogens with zero attached hydrogens (tertiary/aromatic N) is 2. The van der Waals surface area contributed by atoms with Crippen molar-refractivity contribution in [2.24, 2.45) is 5.92 Å². The van der Waals surface area contributed by atoms with Crippen LogP contribution in [0.1, 0.15) is 0 Å². The molecule has 0 aliphatic carbocycles. The Morgan fingerprint density at radius 2 is 2.16 bits per heavy atom. The van der Waals surface area contributed by atoms with Crippen molar-refractivity contribution in [3.63, 3.8) is 0 Å². The number of aliphatic carboxylic acids is 1. The van der Waals surface area contributed by atoms with Crippen molar-refractivity contribution in [2.75, 3.05) is 25.1 Å². The van der Waals surface area contributed by atoms with Gasteiger partial charge in [-0.1, -0.05) is 12.1 Å². The summed E-state index contributed by atoms with van der Waals surface area (Å²) in [7, 11) is 1.64. The van der Waals surface area contributed by atoms with Crippen molar-refractivity contribution >= 4 is 22.6 Å². The lowest BCUT2D eigenvalue weighted by Gasteiger charge is -2.38. The Morgan fingerprint density at radius 3 is 2.84 bits per heavy atom. The zero-order chi connectivity index (χ0) is 13.4. The standard InChI is InChI=1S/C14H14N2O3/c1-19-12-4-2-3-11-10(12)5-6-15-13(11)16-7-9(8-16)14(17)18/h2-6,9H,7-8H2,1H3,(H,17,18). The highest BCUT2D eigenvalue weighted by Crippen LogP contribution is 2.33. The Balaban J connectivity index is 1.99. The van der Waals surface area contributed by atoms with Crippen LogP contribution in [-0.2, 0) is 4.79 Å². The summed E-state index contributed by atoms with van der Waals surface area (Å²) < 4.78 is 5.33. The smallest absolute Gasteiger partial charge is 0.310 e. The molecule has 2 heterocycles. The van der Waals surface area contributed by atoms with Crippen molar-refractivity contribution in [2.45, 2.75) is 0 Å². The van der Waals surface area contributed by atoms with Gasteiger partial charge in [0.25, 0.3) is 0 Å². The van der Waals surface area contributed by atoms with E-state index in [4.69, 9.17) is 9.84 Å². The topological polar surface area (TPSA) is 62.7 Å². The number of pyridine rings is 1. The molecule has 0 radical (unpaired) electrons. The normalized spacial score (nSPS) is 15.3. The fourth-order valence-corrected chi connectivity index (χ4v) is 2.40. The largest absolute Gasteiger partial charge is 0.496 e. The molecule has 98 valence electrons. The Morgan fingerprint density at radius 1 is 1.37 bits per heavy atom. The Kier molecular flexibility index (Phi) is 2.74. The van der Waals surface area contributed by atoms with Gasteiger partial charge in [0.05, 0.1) is 13.0 Å². The summed E-state index contributed by atoms with van der Waals surface area (Å²) in [6.45, 7) is 1.03. The molecule has 1 aliphatic heterocycles. The highest BCUT2D eigenvalue weighted by Gasteiger charge is 2.34. The molecule has 5 nitrogen and oxygen atoms in total. The van der Waals surface area contributed by atoms with Gasteiger partial charge >= 0.3 is 5.97 Å². The Hall–Kier alpha value is -2.30. The van der Waals surface area contributed by atoms with E-state index >= 15 is 0 Å². The Labute approximate surface area is 110 Å². The van der Waals surface area contributed by atoms with E-state index in [-0.39, 0.29) is 5.92 Å². The lowest BCUT2D eigenvalue weighted by atomic mass is 9.99.